The van der Waals surface area contributed by atoms with Crippen LogP contribution < -0.4 is 4.80 Å². The van der Waals surface area contributed by atoms with Gasteiger partial charge in [-0.15, -0.1) is 11.3 Å². The molecule has 0 aliphatic heterocycles. The molecule has 2 heterocycles. The van der Waals surface area contributed by atoms with E-state index in [0.717, 1.165) is 21.7 Å². The second kappa shape index (κ2) is 7.28. The Bertz CT molecular complexity index is 944. The Balaban J connectivity index is 1.99. The second-order valence-corrected chi connectivity index (χ2v) is 7.80. The molecule has 24 heavy (non-hydrogen) atoms. The molecular weight excluding hydrogens is 336 g/mol. The molecule has 3 rings (SSSR count). The number of rotatable bonds is 4. The summed E-state index contributed by atoms with van der Waals surface area (Å²) >= 11 is 3.18. The van der Waals surface area contributed by atoms with Crippen molar-refractivity contribution in [3.8, 4) is 0 Å². The molecule has 0 spiro atoms. The number of thiazole rings is 1. The summed E-state index contributed by atoms with van der Waals surface area (Å²) in [5.74, 6) is 0.267. The number of carbonyl (C=O) groups is 1. The van der Waals surface area contributed by atoms with E-state index in [1.54, 1.807) is 22.7 Å². The molecule has 5 heteroatoms. The molecule has 3 aromatic rings. The lowest BCUT2D eigenvalue weighted by molar-refractivity contribution is -0.113. The van der Waals surface area contributed by atoms with Crippen LogP contribution in [0.2, 0.25) is 0 Å². The number of aryl methyl sites for hydroxylation is 1. The zero-order chi connectivity index (χ0) is 17.1. The van der Waals surface area contributed by atoms with Crippen molar-refractivity contribution in [1.82, 2.24) is 4.57 Å². The molecule has 2 aromatic heterocycles. The number of hydrogen-bond acceptors (Lipinski definition) is 3. The number of benzene rings is 1. The predicted octanol–water partition coefficient (Wildman–Crippen LogP) is 5.05. The predicted molar refractivity (Wildman–Crippen MR) is 104 cm³/mol. The molecular formula is C19H20N2OS2. The number of aromatic nitrogens is 1. The largest absolute Gasteiger partial charge is 0.317 e. The van der Waals surface area contributed by atoms with E-state index in [9.17, 15) is 4.79 Å². The number of nitrogens with zero attached hydrogens (tertiary/aromatic N) is 2. The lowest BCUT2D eigenvalue weighted by atomic mass is 10.0. The van der Waals surface area contributed by atoms with E-state index in [1.165, 1.54) is 16.3 Å². The van der Waals surface area contributed by atoms with Crippen molar-refractivity contribution in [3.05, 3.63) is 57.0 Å². The first kappa shape index (κ1) is 16.9. The molecule has 0 radical (unpaired) electrons. The van der Waals surface area contributed by atoms with E-state index in [0.29, 0.717) is 5.92 Å². The van der Waals surface area contributed by atoms with Crippen molar-refractivity contribution < 1.29 is 4.79 Å². The zero-order valence-electron chi connectivity index (χ0n) is 14.0. The van der Waals surface area contributed by atoms with Crippen LogP contribution in [0.1, 0.15) is 37.1 Å². The Morgan fingerprint density at radius 3 is 2.83 bits per heavy atom. The van der Waals surface area contributed by atoms with Crippen LogP contribution in [0.25, 0.3) is 16.3 Å². The Morgan fingerprint density at radius 1 is 1.33 bits per heavy atom. The van der Waals surface area contributed by atoms with Crippen molar-refractivity contribution in [1.29, 1.82) is 0 Å². The van der Waals surface area contributed by atoms with Gasteiger partial charge >= 0.3 is 0 Å². The van der Waals surface area contributed by atoms with Gasteiger partial charge in [0, 0.05) is 17.5 Å². The van der Waals surface area contributed by atoms with Gasteiger partial charge in [-0.1, -0.05) is 37.3 Å². The minimum absolute atomic E-state index is 0.221. The smallest absolute Gasteiger partial charge is 0.272 e. The summed E-state index contributed by atoms with van der Waals surface area (Å²) < 4.78 is 3.28. The molecule has 1 aromatic carbocycles. The summed E-state index contributed by atoms with van der Waals surface area (Å²) in [6.45, 7) is 7.24. The average molecular weight is 357 g/mol. The summed E-state index contributed by atoms with van der Waals surface area (Å²) in [4.78, 5) is 18.3. The van der Waals surface area contributed by atoms with Crippen molar-refractivity contribution >= 4 is 44.9 Å². The van der Waals surface area contributed by atoms with Crippen LogP contribution in [-0.2, 0) is 11.3 Å². The van der Waals surface area contributed by atoms with E-state index >= 15 is 0 Å². The fourth-order valence-corrected chi connectivity index (χ4v) is 4.28. The summed E-state index contributed by atoms with van der Waals surface area (Å²) in [7, 11) is 0. The SMILES string of the molecule is CCn1c(=NC(=O)/C=C/c2cccs2)sc2cc(C(C)C)ccc21. The first-order chi connectivity index (χ1) is 11.6. The third-order valence-electron chi connectivity index (χ3n) is 3.83. The van der Waals surface area contributed by atoms with Crippen LogP contribution >= 0.6 is 22.7 Å². The van der Waals surface area contributed by atoms with Gasteiger partial charge < -0.3 is 4.57 Å². The quantitative estimate of drug-likeness (QED) is 0.603. The van der Waals surface area contributed by atoms with Gasteiger partial charge in [0.25, 0.3) is 5.91 Å². The van der Waals surface area contributed by atoms with Gasteiger partial charge in [0.15, 0.2) is 4.80 Å². The molecule has 0 unspecified atom stereocenters. The molecule has 3 nitrogen and oxygen atoms in total. The maximum Gasteiger partial charge on any atom is 0.272 e. The topological polar surface area (TPSA) is 34.4 Å². The Hall–Kier alpha value is -1.98. The molecule has 1 amide bonds. The van der Waals surface area contributed by atoms with Crippen molar-refractivity contribution in [3.63, 3.8) is 0 Å². The van der Waals surface area contributed by atoms with Gasteiger partial charge in [0.2, 0.25) is 0 Å². The number of carbonyl (C=O) groups excluding carboxylic acids is 1. The van der Waals surface area contributed by atoms with Gasteiger partial charge in [-0.05, 0) is 48.1 Å². The molecule has 0 saturated carbocycles. The standard InChI is InChI=1S/C19H20N2OS2/c1-4-21-16-9-7-14(13(2)3)12-17(16)24-19(21)20-18(22)10-8-15-6-5-11-23-15/h5-13H,4H2,1-3H3/b10-8+,20-19?. The fourth-order valence-electron chi connectivity index (χ4n) is 2.51. The third kappa shape index (κ3) is 3.57. The Kier molecular flexibility index (Phi) is 5.11. The summed E-state index contributed by atoms with van der Waals surface area (Å²) in [6, 6.07) is 10.5. The van der Waals surface area contributed by atoms with Gasteiger partial charge in [-0.3, -0.25) is 4.79 Å². The maximum atomic E-state index is 12.2. The zero-order valence-corrected chi connectivity index (χ0v) is 15.7. The second-order valence-electron chi connectivity index (χ2n) is 5.81. The number of amides is 1. The van der Waals surface area contributed by atoms with E-state index < -0.39 is 0 Å². The number of fused-ring (bicyclic) bond motifs is 1. The molecule has 0 fully saturated rings. The third-order valence-corrected chi connectivity index (χ3v) is 5.71. The Labute approximate surface area is 149 Å². The molecule has 0 aliphatic rings. The molecule has 124 valence electrons. The van der Waals surface area contributed by atoms with E-state index in [2.05, 4.69) is 48.5 Å². The minimum atomic E-state index is -0.221. The van der Waals surface area contributed by atoms with Crippen molar-refractivity contribution in [2.24, 2.45) is 4.99 Å². The van der Waals surface area contributed by atoms with Gasteiger partial charge in [-0.2, -0.15) is 4.99 Å². The highest BCUT2D eigenvalue weighted by molar-refractivity contribution is 7.16. The molecule has 0 bridgehead atoms. The van der Waals surface area contributed by atoms with Crippen LogP contribution in [0, 0.1) is 0 Å². The van der Waals surface area contributed by atoms with Gasteiger partial charge in [-0.25, -0.2) is 0 Å². The molecule has 0 N–H and O–H groups in total. The number of thiophene rings is 1. The highest BCUT2D eigenvalue weighted by atomic mass is 32.1. The highest BCUT2D eigenvalue weighted by Crippen LogP contribution is 2.23. The first-order valence-corrected chi connectivity index (χ1v) is 9.71. The highest BCUT2D eigenvalue weighted by Gasteiger charge is 2.08. The fraction of sp³-hybridized carbons (Fsp3) is 0.263. The minimum Gasteiger partial charge on any atom is -0.317 e. The summed E-state index contributed by atoms with van der Waals surface area (Å²) in [6.07, 6.45) is 3.35. The van der Waals surface area contributed by atoms with Gasteiger partial charge in [0.1, 0.15) is 0 Å². The van der Waals surface area contributed by atoms with Crippen LogP contribution in [0.15, 0.2) is 46.8 Å². The summed E-state index contributed by atoms with van der Waals surface area (Å²) in [5.41, 5.74) is 2.45. The molecule has 0 saturated heterocycles. The van der Waals surface area contributed by atoms with Crippen LogP contribution in [-0.4, -0.2) is 10.5 Å². The van der Waals surface area contributed by atoms with Gasteiger partial charge in [0.05, 0.1) is 10.2 Å². The number of hydrogen-bond donors (Lipinski definition) is 0. The lowest BCUT2D eigenvalue weighted by Crippen LogP contribution is -2.15. The van der Waals surface area contributed by atoms with Crippen LogP contribution in [0.3, 0.4) is 0 Å². The van der Waals surface area contributed by atoms with Crippen LogP contribution in [0.5, 0.6) is 0 Å². The van der Waals surface area contributed by atoms with E-state index in [1.807, 2.05) is 23.6 Å². The van der Waals surface area contributed by atoms with Crippen molar-refractivity contribution in [2.75, 3.05) is 0 Å². The van der Waals surface area contributed by atoms with E-state index in [-0.39, 0.29) is 5.91 Å². The molecule has 0 aliphatic carbocycles. The van der Waals surface area contributed by atoms with E-state index in [4.69, 9.17) is 0 Å². The lowest BCUT2D eigenvalue weighted by Gasteiger charge is -2.05. The average Bonchev–Trinajstić information content (AvgIpc) is 3.19. The molecule has 0 atom stereocenters. The maximum absolute atomic E-state index is 12.2. The normalized spacial score (nSPS) is 12.8. The Morgan fingerprint density at radius 2 is 2.17 bits per heavy atom. The monoisotopic (exact) mass is 356 g/mol. The summed E-state index contributed by atoms with van der Waals surface area (Å²) in [5, 5.41) is 1.99. The van der Waals surface area contributed by atoms with Crippen LogP contribution in [0.4, 0.5) is 0 Å². The first-order valence-electron chi connectivity index (χ1n) is 8.02. The van der Waals surface area contributed by atoms with Crippen molar-refractivity contribution in [2.45, 2.75) is 33.2 Å².